The molecule has 0 bridgehead atoms. The highest BCUT2D eigenvalue weighted by Gasteiger charge is 2.30. The molecule has 0 atom stereocenters. The van der Waals surface area contributed by atoms with Gasteiger partial charge < -0.3 is 9.80 Å². The fourth-order valence-electron chi connectivity index (χ4n) is 4.28. The summed E-state index contributed by atoms with van der Waals surface area (Å²) in [5.41, 5.74) is 4.58. The number of hydrogen-bond acceptors (Lipinski definition) is 6. The van der Waals surface area contributed by atoms with Gasteiger partial charge in [-0.25, -0.2) is 4.98 Å². The number of fused-ring (bicyclic) bond motifs is 1. The number of carbonyl (C=O) groups excluding carboxylic acids is 3. The van der Waals surface area contributed by atoms with E-state index in [4.69, 9.17) is 4.98 Å². The van der Waals surface area contributed by atoms with Gasteiger partial charge in [0.2, 0.25) is 11.8 Å². The van der Waals surface area contributed by atoms with Crippen molar-refractivity contribution in [2.45, 2.75) is 26.7 Å². The molecule has 2 aliphatic rings. The van der Waals surface area contributed by atoms with Crippen LogP contribution >= 0.6 is 11.3 Å². The third kappa shape index (κ3) is 3.54. The minimum Gasteiger partial charge on any atom is -0.345 e. The van der Waals surface area contributed by atoms with Crippen LogP contribution in [0.15, 0.2) is 36.4 Å². The summed E-state index contributed by atoms with van der Waals surface area (Å²) in [5, 5.41) is 1.01. The van der Waals surface area contributed by atoms with E-state index in [-0.39, 0.29) is 30.6 Å². The lowest BCUT2D eigenvalue weighted by Gasteiger charge is -2.34. The quantitative estimate of drug-likeness (QED) is 0.573. The molecule has 0 spiro atoms. The van der Waals surface area contributed by atoms with Crippen LogP contribution in [0.1, 0.15) is 34.3 Å². The van der Waals surface area contributed by atoms with Crippen molar-refractivity contribution in [3.63, 3.8) is 0 Å². The molecule has 3 aromatic rings. The Kier molecular flexibility index (Phi) is 5.17. The lowest BCUT2D eigenvalue weighted by Crippen LogP contribution is -2.48. The van der Waals surface area contributed by atoms with Crippen LogP contribution in [0.4, 0.5) is 10.8 Å². The molecule has 0 saturated carbocycles. The van der Waals surface area contributed by atoms with Crippen molar-refractivity contribution < 1.29 is 14.4 Å². The average molecular weight is 449 g/mol. The summed E-state index contributed by atoms with van der Waals surface area (Å²) in [5.74, 6) is -0.415. The SMILES string of the molecule is Cc1ccc(C)c2sc(N3CCN(C(=O)c4ccc(N5C(=O)CCC5=O)cc4)CC3)nc12. The van der Waals surface area contributed by atoms with Gasteiger partial charge in [0.05, 0.1) is 15.9 Å². The van der Waals surface area contributed by atoms with Gasteiger partial charge in [-0.15, -0.1) is 0 Å². The van der Waals surface area contributed by atoms with Crippen LogP contribution in [0, 0.1) is 13.8 Å². The van der Waals surface area contributed by atoms with Gasteiger partial charge in [-0.1, -0.05) is 23.5 Å². The first-order chi connectivity index (χ1) is 15.4. The molecule has 0 aliphatic carbocycles. The second-order valence-corrected chi connectivity index (χ2v) is 9.30. The monoisotopic (exact) mass is 448 g/mol. The van der Waals surface area contributed by atoms with E-state index >= 15 is 0 Å². The zero-order valence-corrected chi connectivity index (χ0v) is 18.9. The van der Waals surface area contributed by atoms with Crippen LogP contribution in [-0.2, 0) is 9.59 Å². The minimum absolute atomic E-state index is 0.0359. The Morgan fingerprint density at radius 3 is 2.12 bits per heavy atom. The summed E-state index contributed by atoms with van der Waals surface area (Å²) in [6.45, 7) is 6.91. The predicted octanol–water partition coefficient (Wildman–Crippen LogP) is 3.53. The number of piperazine rings is 1. The summed E-state index contributed by atoms with van der Waals surface area (Å²) in [4.78, 5) is 47.0. The zero-order chi connectivity index (χ0) is 22.4. The minimum atomic E-state index is -0.189. The molecule has 0 radical (unpaired) electrons. The smallest absolute Gasteiger partial charge is 0.253 e. The van der Waals surface area contributed by atoms with E-state index < -0.39 is 0 Å². The Hall–Kier alpha value is -3.26. The maximum absolute atomic E-state index is 13.0. The fourth-order valence-corrected chi connectivity index (χ4v) is 5.45. The summed E-state index contributed by atoms with van der Waals surface area (Å²) in [7, 11) is 0. The van der Waals surface area contributed by atoms with Crippen molar-refractivity contribution in [2.75, 3.05) is 36.0 Å². The molecule has 3 heterocycles. The first kappa shape index (κ1) is 20.6. The van der Waals surface area contributed by atoms with E-state index in [0.717, 1.165) is 23.7 Å². The number of anilines is 2. The maximum atomic E-state index is 13.0. The summed E-state index contributed by atoms with van der Waals surface area (Å²) in [6.07, 6.45) is 0.495. The van der Waals surface area contributed by atoms with Gasteiger partial charge in [0, 0.05) is 44.6 Å². The Labute approximate surface area is 190 Å². The molecule has 32 heavy (non-hydrogen) atoms. The third-order valence-electron chi connectivity index (χ3n) is 6.19. The molecule has 2 aliphatic heterocycles. The number of amides is 3. The Bertz CT molecular complexity index is 1170. The van der Waals surface area contributed by atoms with Crippen LogP contribution < -0.4 is 9.80 Å². The molecule has 1 aromatic heterocycles. The topological polar surface area (TPSA) is 73.8 Å². The van der Waals surface area contributed by atoms with E-state index in [1.165, 1.54) is 20.7 Å². The highest BCUT2D eigenvalue weighted by Crippen LogP contribution is 2.33. The Balaban J connectivity index is 1.26. The number of aromatic nitrogens is 1. The molecule has 0 N–H and O–H groups in total. The molecular weight excluding hydrogens is 424 g/mol. The molecule has 164 valence electrons. The largest absolute Gasteiger partial charge is 0.345 e. The normalized spacial score (nSPS) is 17.0. The van der Waals surface area contributed by atoms with Crippen molar-refractivity contribution in [3.8, 4) is 0 Å². The summed E-state index contributed by atoms with van der Waals surface area (Å²) < 4.78 is 1.23. The average Bonchev–Trinajstić information content (AvgIpc) is 3.41. The first-order valence-corrected chi connectivity index (χ1v) is 11.6. The molecule has 3 amide bonds. The van der Waals surface area contributed by atoms with Crippen molar-refractivity contribution >= 4 is 50.1 Å². The number of carbonyl (C=O) groups is 3. The lowest BCUT2D eigenvalue weighted by atomic mass is 10.1. The number of imide groups is 1. The lowest BCUT2D eigenvalue weighted by molar-refractivity contribution is -0.121. The van der Waals surface area contributed by atoms with Crippen LogP contribution in [0.2, 0.25) is 0 Å². The fraction of sp³-hybridized carbons (Fsp3) is 0.333. The number of thiazole rings is 1. The standard InChI is InChI=1S/C24H24N4O3S/c1-15-3-4-16(2)22-21(15)25-24(32-22)27-13-11-26(12-14-27)23(31)17-5-7-18(8-6-17)28-19(29)9-10-20(28)30/h3-8H,9-14H2,1-2H3. The van der Waals surface area contributed by atoms with Gasteiger partial charge in [0.25, 0.3) is 5.91 Å². The van der Waals surface area contributed by atoms with Crippen LogP contribution in [-0.4, -0.2) is 53.8 Å². The van der Waals surface area contributed by atoms with Gasteiger partial charge in [-0.05, 0) is 49.2 Å². The number of rotatable bonds is 3. The highest BCUT2D eigenvalue weighted by molar-refractivity contribution is 7.22. The molecule has 2 saturated heterocycles. The predicted molar refractivity (Wildman–Crippen MR) is 125 cm³/mol. The second kappa shape index (κ2) is 8.02. The van der Waals surface area contributed by atoms with Crippen LogP contribution in [0.3, 0.4) is 0 Å². The molecule has 8 heteroatoms. The van der Waals surface area contributed by atoms with E-state index in [0.29, 0.717) is 24.3 Å². The van der Waals surface area contributed by atoms with Gasteiger partial charge in [0.1, 0.15) is 0 Å². The highest BCUT2D eigenvalue weighted by atomic mass is 32.1. The van der Waals surface area contributed by atoms with E-state index in [1.54, 1.807) is 35.6 Å². The van der Waals surface area contributed by atoms with Gasteiger partial charge in [-0.3, -0.25) is 19.3 Å². The van der Waals surface area contributed by atoms with Crippen molar-refractivity contribution in [3.05, 3.63) is 53.1 Å². The van der Waals surface area contributed by atoms with Crippen LogP contribution in [0.25, 0.3) is 10.2 Å². The van der Waals surface area contributed by atoms with Crippen LogP contribution in [0.5, 0.6) is 0 Å². The van der Waals surface area contributed by atoms with Crippen molar-refractivity contribution in [1.29, 1.82) is 0 Å². The zero-order valence-electron chi connectivity index (χ0n) is 18.1. The number of nitrogens with zero attached hydrogens (tertiary/aromatic N) is 4. The summed E-state index contributed by atoms with van der Waals surface area (Å²) >= 11 is 1.72. The molecule has 7 nitrogen and oxygen atoms in total. The van der Waals surface area contributed by atoms with Gasteiger partial charge in [-0.2, -0.15) is 0 Å². The number of hydrogen-bond donors (Lipinski definition) is 0. The Morgan fingerprint density at radius 1 is 0.875 bits per heavy atom. The van der Waals surface area contributed by atoms with Crippen molar-refractivity contribution in [1.82, 2.24) is 9.88 Å². The first-order valence-electron chi connectivity index (χ1n) is 10.8. The Morgan fingerprint density at radius 2 is 1.50 bits per heavy atom. The van der Waals surface area contributed by atoms with Gasteiger partial charge in [0.15, 0.2) is 5.13 Å². The van der Waals surface area contributed by atoms with E-state index in [9.17, 15) is 14.4 Å². The number of aryl methyl sites for hydroxylation is 2. The molecule has 0 unspecified atom stereocenters. The maximum Gasteiger partial charge on any atom is 0.253 e. The molecular formula is C24H24N4O3S. The molecule has 2 fully saturated rings. The molecule has 2 aromatic carbocycles. The summed E-state index contributed by atoms with van der Waals surface area (Å²) in [6, 6.07) is 11.0. The third-order valence-corrected chi connectivity index (χ3v) is 7.44. The number of benzene rings is 2. The van der Waals surface area contributed by atoms with E-state index in [1.807, 2.05) is 4.90 Å². The second-order valence-electron chi connectivity index (χ2n) is 8.32. The van der Waals surface area contributed by atoms with Gasteiger partial charge >= 0.3 is 0 Å². The molecule has 5 rings (SSSR count). The van der Waals surface area contributed by atoms with E-state index in [2.05, 4.69) is 30.9 Å². The van der Waals surface area contributed by atoms with Crippen molar-refractivity contribution in [2.24, 2.45) is 0 Å².